The number of aliphatic hydroxyl groups excluding tert-OH is 1. The minimum atomic E-state index is -1.19. The van der Waals surface area contributed by atoms with Crippen molar-refractivity contribution in [2.45, 2.75) is 70.6 Å². The Morgan fingerprint density at radius 3 is 2.42 bits per heavy atom. The summed E-state index contributed by atoms with van der Waals surface area (Å²) in [5, 5.41) is 18.8. The van der Waals surface area contributed by atoms with E-state index < -0.39 is 18.2 Å². The Balaban J connectivity index is 1.88. The van der Waals surface area contributed by atoms with Crippen LogP contribution in [-0.4, -0.2) is 17.4 Å². The lowest BCUT2D eigenvalue weighted by Gasteiger charge is -2.40. The van der Waals surface area contributed by atoms with Crippen molar-refractivity contribution >= 4 is 0 Å². The Hall–Kier alpha value is -0.620. The van der Waals surface area contributed by atoms with Crippen molar-refractivity contribution in [2.24, 2.45) is 23.7 Å². The molecule has 2 aliphatic carbocycles. The Kier molecular flexibility index (Phi) is 5.21. The summed E-state index contributed by atoms with van der Waals surface area (Å²) in [5.41, 5.74) is 0. The van der Waals surface area contributed by atoms with Crippen LogP contribution < -0.4 is 0 Å². The Morgan fingerprint density at radius 1 is 1.16 bits per heavy atom. The molecule has 19 heavy (non-hydrogen) atoms. The highest BCUT2D eigenvalue weighted by molar-refractivity contribution is 4.99. The molecule has 2 fully saturated rings. The van der Waals surface area contributed by atoms with E-state index in [4.69, 9.17) is 5.26 Å². The predicted molar refractivity (Wildman–Crippen MR) is 73.1 cm³/mol. The first-order valence-electron chi connectivity index (χ1n) is 7.89. The van der Waals surface area contributed by atoms with Gasteiger partial charge in [-0.15, -0.1) is 0 Å². The van der Waals surface area contributed by atoms with E-state index >= 15 is 0 Å². The second kappa shape index (κ2) is 6.70. The second-order valence-electron chi connectivity index (χ2n) is 6.48. The van der Waals surface area contributed by atoms with Gasteiger partial charge in [0, 0.05) is 0 Å². The standard InChI is InChI=1S/C16H26FNO/c1-2-3-11-4-6-12(7-5-11)14-9-8-13(10-18)16(19)15(14)17/h11-16,19H,2-9H2,1H3. The van der Waals surface area contributed by atoms with Crippen molar-refractivity contribution in [3.8, 4) is 6.07 Å². The SMILES string of the molecule is CCCC1CCC(C2CCC(C#N)C(O)C2F)CC1. The van der Waals surface area contributed by atoms with Crippen LogP contribution in [0.25, 0.3) is 0 Å². The molecule has 2 saturated carbocycles. The van der Waals surface area contributed by atoms with E-state index in [9.17, 15) is 9.50 Å². The summed E-state index contributed by atoms with van der Waals surface area (Å²) in [6.45, 7) is 2.23. The molecule has 0 aromatic heterocycles. The molecule has 4 atom stereocenters. The lowest BCUT2D eigenvalue weighted by atomic mass is 9.67. The highest BCUT2D eigenvalue weighted by atomic mass is 19.1. The van der Waals surface area contributed by atoms with E-state index in [0.717, 1.165) is 25.2 Å². The molecule has 0 aromatic carbocycles. The summed E-state index contributed by atoms with van der Waals surface area (Å²) < 4.78 is 14.3. The molecule has 2 nitrogen and oxygen atoms in total. The van der Waals surface area contributed by atoms with Gasteiger partial charge in [-0.3, -0.25) is 0 Å². The third kappa shape index (κ3) is 3.28. The molecule has 108 valence electrons. The zero-order valence-electron chi connectivity index (χ0n) is 11.9. The van der Waals surface area contributed by atoms with Crippen LogP contribution in [-0.2, 0) is 0 Å². The molecule has 0 amide bonds. The molecule has 0 aliphatic heterocycles. The third-order valence-corrected chi connectivity index (χ3v) is 5.32. The number of aliphatic hydroxyl groups is 1. The van der Waals surface area contributed by atoms with Gasteiger partial charge in [0.25, 0.3) is 0 Å². The number of nitrogens with zero attached hydrogens (tertiary/aromatic N) is 1. The number of hydrogen-bond donors (Lipinski definition) is 1. The van der Waals surface area contributed by atoms with Gasteiger partial charge in [-0.05, 0) is 43.4 Å². The maximum atomic E-state index is 14.3. The molecule has 0 spiro atoms. The van der Waals surface area contributed by atoms with Gasteiger partial charge in [0.15, 0.2) is 0 Å². The van der Waals surface area contributed by atoms with Gasteiger partial charge in [-0.1, -0.05) is 32.6 Å². The summed E-state index contributed by atoms with van der Waals surface area (Å²) in [4.78, 5) is 0. The summed E-state index contributed by atoms with van der Waals surface area (Å²) >= 11 is 0. The van der Waals surface area contributed by atoms with E-state index in [1.807, 2.05) is 6.07 Å². The first-order valence-corrected chi connectivity index (χ1v) is 7.89. The quantitative estimate of drug-likeness (QED) is 0.844. The second-order valence-corrected chi connectivity index (χ2v) is 6.48. The van der Waals surface area contributed by atoms with Crippen LogP contribution in [0.1, 0.15) is 58.3 Å². The van der Waals surface area contributed by atoms with Gasteiger partial charge in [0.1, 0.15) is 12.3 Å². The molecule has 0 heterocycles. The van der Waals surface area contributed by atoms with Crippen LogP contribution in [0.15, 0.2) is 0 Å². The average molecular weight is 267 g/mol. The number of nitriles is 1. The van der Waals surface area contributed by atoms with Gasteiger partial charge in [0.2, 0.25) is 0 Å². The maximum absolute atomic E-state index is 14.3. The predicted octanol–water partition coefficient (Wildman–Crippen LogP) is 3.84. The molecule has 0 bridgehead atoms. The highest BCUT2D eigenvalue weighted by Gasteiger charge is 2.42. The highest BCUT2D eigenvalue weighted by Crippen LogP contribution is 2.43. The van der Waals surface area contributed by atoms with E-state index in [1.165, 1.54) is 25.7 Å². The van der Waals surface area contributed by atoms with E-state index in [2.05, 4.69) is 6.92 Å². The fourth-order valence-electron chi connectivity index (χ4n) is 4.13. The van der Waals surface area contributed by atoms with Crippen LogP contribution in [0.3, 0.4) is 0 Å². The van der Waals surface area contributed by atoms with Crippen LogP contribution in [0.5, 0.6) is 0 Å². The van der Waals surface area contributed by atoms with Gasteiger partial charge in [-0.25, -0.2) is 4.39 Å². The smallest absolute Gasteiger partial charge is 0.130 e. The van der Waals surface area contributed by atoms with Gasteiger partial charge < -0.3 is 5.11 Å². The molecule has 2 rings (SSSR count). The molecule has 3 heteroatoms. The summed E-state index contributed by atoms with van der Waals surface area (Å²) in [5.74, 6) is 0.752. The number of rotatable bonds is 3. The zero-order chi connectivity index (χ0) is 13.8. The Morgan fingerprint density at radius 2 is 1.84 bits per heavy atom. The van der Waals surface area contributed by atoms with Crippen LogP contribution in [0.2, 0.25) is 0 Å². The number of alkyl halides is 1. The molecule has 2 aliphatic rings. The lowest BCUT2D eigenvalue weighted by molar-refractivity contribution is -0.0413. The van der Waals surface area contributed by atoms with Crippen molar-refractivity contribution < 1.29 is 9.50 Å². The van der Waals surface area contributed by atoms with E-state index in [0.29, 0.717) is 12.3 Å². The number of halogens is 1. The minimum Gasteiger partial charge on any atom is -0.389 e. The van der Waals surface area contributed by atoms with E-state index in [-0.39, 0.29) is 5.92 Å². The lowest BCUT2D eigenvalue weighted by Crippen LogP contribution is -2.43. The van der Waals surface area contributed by atoms with Crippen molar-refractivity contribution in [3.05, 3.63) is 0 Å². The third-order valence-electron chi connectivity index (χ3n) is 5.32. The zero-order valence-corrected chi connectivity index (χ0v) is 11.9. The van der Waals surface area contributed by atoms with Crippen LogP contribution in [0, 0.1) is 35.0 Å². The normalized spacial score (nSPS) is 43.7. The first-order chi connectivity index (χ1) is 9.17. The maximum Gasteiger partial charge on any atom is 0.130 e. The van der Waals surface area contributed by atoms with Crippen molar-refractivity contribution in [1.82, 2.24) is 0 Å². The Bertz CT molecular complexity index is 319. The van der Waals surface area contributed by atoms with Crippen molar-refractivity contribution in [1.29, 1.82) is 5.26 Å². The van der Waals surface area contributed by atoms with E-state index in [1.54, 1.807) is 0 Å². The molecule has 4 unspecified atom stereocenters. The number of hydrogen-bond acceptors (Lipinski definition) is 2. The largest absolute Gasteiger partial charge is 0.389 e. The van der Waals surface area contributed by atoms with Gasteiger partial charge in [-0.2, -0.15) is 5.26 Å². The minimum absolute atomic E-state index is 0.0119. The topological polar surface area (TPSA) is 44.0 Å². The summed E-state index contributed by atoms with van der Waals surface area (Å²) in [6.07, 6.45) is 6.40. The fraction of sp³-hybridized carbons (Fsp3) is 0.938. The van der Waals surface area contributed by atoms with Gasteiger partial charge in [0.05, 0.1) is 12.0 Å². The average Bonchev–Trinajstić information content (AvgIpc) is 2.43. The molecule has 0 saturated heterocycles. The molecular weight excluding hydrogens is 241 g/mol. The molecule has 0 radical (unpaired) electrons. The van der Waals surface area contributed by atoms with Crippen LogP contribution >= 0.6 is 0 Å². The van der Waals surface area contributed by atoms with Crippen molar-refractivity contribution in [2.75, 3.05) is 0 Å². The van der Waals surface area contributed by atoms with Crippen molar-refractivity contribution in [3.63, 3.8) is 0 Å². The fourth-order valence-corrected chi connectivity index (χ4v) is 4.13. The van der Waals surface area contributed by atoms with Crippen LogP contribution in [0.4, 0.5) is 4.39 Å². The summed E-state index contributed by atoms with van der Waals surface area (Å²) in [7, 11) is 0. The summed E-state index contributed by atoms with van der Waals surface area (Å²) in [6, 6.07) is 2.04. The Labute approximate surface area is 116 Å². The first kappa shape index (κ1) is 14.8. The monoisotopic (exact) mass is 267 g/mol. The van der Waals surface area contributed by atoms with Gasteiger partial charge >= 0.3 is 0 Å². The molecular formula is C16H26FNO. The molecule has 1 N–H and O–H groups in total. The molecule has 0 aromatic rings.